The van der Waals surface area contributed by atoms with Crippen LogP contribution in [-0.4, -0.2) is 35.6 Å². The number of allylic oxidation sites excluding steroid dienone is 1. The first kappa shape index (κ1) is 29.7. The molecule has 6 rings (SSSR count). The summed E-state index contributed by atoms with van der Waals surface area (Å²) in [6.45, 7) is 8.79. The fraction of sp³-hybridized carbons (Fsp3) is 0.229. The van der Waals surface area contributed by atoms with E-state index in [0.717, 1.165) is 27.5 Å². The number of rotatable bonds is 7. The molecule has 1 aliphatic heterocycles. The number of aryl methyl sites for hydroxylation is 1. The van der Waals surface area contributed by atoms with Crippen molar-refractivity contribution >= 4 is 45.7 Å². The lowest BCUT2D eigenvalue weighted by molar-refractivity contribution is -0.127. The smallest absolute Gasteiger partial charge is 0.271 e. The van der Waals surface area contributed by atoms with Gasteiger partial charge in [0.1, 0.15) is 23.3 Å². The van der Waals surface area contributed by atoms with Gasteiger partial charge in [0.15, 0.2) is 4.80 Å². The van der Waals surface area contributed by atoms with Gasteiger partial charge >= 0.3 is 0 Å². The minimum atomic E-state index is -0.746. The second-order valence-corrected chi connectivity index (χ2v) is 12.1. The summed E-state index contributed by atoms with van der Waals surface area (Å²) >= 11 is 7.52. The first-order chi connectivity index (χ1) is 21.2. The predicted octanol–water partition coefficient (Wildman–Crippen LogP) is 6.49. The van der Waals surface area contributed by atoms with Gasteiger partial charge in [0.25, 0.3) is 11.5 Å². The van der Waals surface area contributed by atoms with E-state index in [-0.39, 0.29) is 11.5 Å². The van der Waals surface area contributed by atoms with Crippen LogP contribution in [-0.2, 0) is 4.79 Å². The number of thiazole rings is 1. The number of benzene rings is 3. The van der Waals surface area contributed by atoms with Crippen LogP contribution in [0.5, 0.6) is 5.75 Å². The third kappa shape index (κ3) is 5.08. The van der Waals surface area contributed by atoms with Crippen LogP contribution in [0, 0.1) is 6.92 Å². The number of nitrogens with zero attached hydrogens (tertiary/aromatic N) is 3. The Kier molecular flexibility index (Phi) is 8.05. The zero-order chi connectivity index (χ0) is 31.1. The molecular formula is C35H32ClN3O4S. The molecule has 0 saturated heterocycles. The summed E-state index contributed by atoms with van der Waals surface area (Å²) < 4.78 is 14.1. The van der Waals surface area contributed by atoms with E-state index in [1.807, 2.05) is 94.4 Å². The molecule has 3 aromatic carbocycles. The van der Waals surface area contributed by atoms with Crippen LogP contribution in [0.4, 0.5) is 0 Å². The van der Waals surface area contributed by atoms with Gasteiger partial charge in [0.2, 0.25) is 0 Å². The summed E-state index contributed by atoms with van der Waals surface area (Å²) in [5.41, 5.74) is 3.43. The molecule has 3 heterocycles. The number of likely N-dealkylation sites (N-methyl/N-ethyl adjacent to an activating group) is 1. The summed E-state index contributed by atoms with van der Waals surface area (Å²) in [4.78, 5) is 35.5. The average molecular weight is 626 g/mol. The van der Waals surface area contributed by atoms with E-state index in [1.165, 1.54) is 11.3 Å². The van der Waals surface area contributed by atoms with Crippen molar-refractivity contribution in [3.05, 3.63) is 120 Å². The lowest BCUT2D eigenvalue weighted by Crippen LogP contribution is -2.43. The molecule has 0 bridgehead atoms. The molecule has 1 atom stereocenters. The van der Waals surface area contributed by atoms with E-state index >= 15 is 0 Å². The molecule has 0 aliphatic carbocycles. The lowest BCUT2D eigenvalue weighted by atomic mass is 9.90. The molecule has 9 heteroatoms. The number of aromatic nitrogens is 1. The van der Waals surface area contributed by atoms with Crippen molar-refractivity contribution in [3.63, 3.8) is 0 Å². The molecule has 1 amide bonds. The lowest BCUT2D eigenvalue weighted by Gasteiger charge is -2.30. The van der Waals surface area contributed by atoms with Crippen LogP contribution in [0.25, 0.3) is 28.2 Å². The van der Waals surface area contributed by atoms with E-state index in [2.05, 4.69) is 0 Å². The van der Waals surface area contributed by atoms with Crippen LogP contribution in [0.2, 0.25) is 5.02 Å². The highest BCUT2D eigenvalue weighted by Crippen LogP contribution is 2.40. The molecule has 0 saturated carbocycles. The summed E-state index contributed by atoms with van der Waals surface area (Å²) in [6.07, 6.45) is 1.73. The normalized spacial score (nSPS) is 15.0. The third-order valence-corrected chi connectivity index (χ3v) is 9.31. The van der Waals surface area contributed by atoms with Crippen molar-refractivity contribution in [3.8, 4) is 17.1 Å². The highest BCUT2D eigenvalue weighted by Gasteiger charge is 2.36. The summed E-state index contributed by atoms with van der Waals surface area (Å²) in [6, 6.07) is 20.4. The fourth-order valence-corrected chi connectivity index (χ4v) is 7.05. The van der Waals surface area contributed by atoms with Gasteiger partial charge in [0, 0.05) is 35.3 Å². The molecule has 1 aliphatic rings. The standard InChI is InChI=1S/C35H32ClN3O4S/c1-6-38(7-2)34(41)30-21(4)37-35-39(32(30)31-25-11-9-8-10-22(25)13-16-28(31)42-5)33(40)29(44-35)19-24-15-17-27(43-24)26-18-23(36)14-12-20(26)3/h8-19,32H,6-7H2,1-5H3/b29-19+/t32-/m1/s1. The summed E-state index contributed by atoms with van der Waals surface area (Å²) in [5, 5.41) is 2.50. The molecule has 44 heavy (non-hydrogen) atoms. The second kappa shape index (κ2) is 11.9. The second-order valence-electron chi connectivity index (χ2n) is 10.6. The van der Waals surface area contributed by atoms with Crippen LogP contribution in [0.3, 0.4) is 0 Å². The number of hydrogen-bond donors (Lipinski definition) is 0. The van der Waals surface area contributed by atoms with Crippen LogP contribution < -0.4 is 19.6 Å². The maximum atomic E-state index is 14.3. The highest BCUT2D eigenvalue weighted by atomic mass is 35.5. The van der Waals surface area contributed by atoms with Crippen LogP contribution in [0.1, 0.15) is 43.7 Å². The number of amides is 1. The number of hydrogen-bond acceptors (Lipinski definition) is 6. The first-order valence-corrected chi connectivity index (χ1v) is 15.7. The number of furan rings is 1. The van der Waals surface area contributed by atoms with Crippen LogP contribution >= 0.6 is 22.9 Å². The SMILES string of the molecule is CCN(CC)C(=O)C1=C(C)N=c2s/c(=C/c3ccc(-c4cc(Cl)ccc4C)o3)c(=O)n2[C@H]1c1c(OC)ccc2ccccc12. The first-order valence-electron chi connectivity index (χ1n) is 14.5. The molecule has 0 radical (unpaired) electrons. The van der Waals surface area contributed by atoms with E-state index in [4.69, 9.17) is 25.7 Å². The van der Waals surface area contributed by atoms with Gasteiger partial charge in [-0.15, -0.1) is 0 Å². The zero-order valence-corrected chi connectivity index (χ0v) is 26.8. The van der Waals surface area contributed by atoms with Crippen molar-refractivity contribution in [2.24, 2.45) is 4.99 Å². The minimum Gasteiger partial charge on any atom is -0.496 e. The van der Waals surface area contributed by atoms with Gasteiger partial charge < -0.3 is 14.1 Å². The third-order valence-electron chi connectivity index (χ3n) is 8.09. The highest BCUT2D eigenvalue weighted by molar-refractivity contribution is 7.07. The molecule has 7 nitrogen and oxygen atoms in total. The number of ether oxygens (including phenoxy) is 1. The van der Waals surface area contributed by atoms with E-state index in [0.29, 0.717) is 56.0 Å². The molecule has 5 aromatic rings. The quantitative estimate of drug-likeness (QED) is 0.207. The number of halogens is 1. The zero-order valence-electron chi connectivity index (χ0n) is 25.2. The van der Waals surface area contributed by atoms with Crippen molar-refractivity contribution in [2.75, 3.05) is 20.2 Å². The van der Waals surface area contributed by atoms with Crippen molar-refractivity contribution < 1.29 is 13.9 Å². The molecule has 0 unspecified atom stereocenters. The molecular weight excluding hydrogens is 594 g/mol. The molecule has 2 aromatic heterocycles. The van der Waals surface area contributed by atoms with E-state index in [9.17, 15) is 9.59 Å². The Labute approximate surface area is 264 Å². The number of methoxy groups -OCH3 is 1. The summed E-state index contributed by atoms with van der Waals surface area (Å²) in [5.74, 6) is 1.62. The largest absolute Gasteiger partial charge is 0.496 e. The van der Waals surface area contributed by atoms with Crippen LogP contribution in [0.15, 0.2) is 92.2 Å². The molecule has 0 spiro atoms. The maximum Gasteiger partial charge on any atom is 0.271 e. The Balaban J connectivity index is 1.58. The monoisotopic (exact) mass is 625 g/mol. The minimum absolute atomic E-state index is 0.155. The van der Waals surface area contributed by atoms with Gasteiger partial charge in [0.05, 0.1) is 22.9 Å². The van der Waals surface area contributed by atoms with Gasteiger partial charge in [-0.3, -0.25) is 14.2 Å². The van der Waals surface area contributed by atoms with Gasteiger partial charge in [-0.2, -0.15) is 0 Å². The van der Waals surface area contributed by atoms with Gasteiger partial charge in [-0.1, -0.05) is 59.3 Å². The summed E-state index contributed by atoms with van der Waals surface area (Å²) in [7, 11) is 1.61. The Morgan fingerprint density at radius 2 is 1.86 bits per heavy atom. The van der Waals surface area contributed by atoms with E-state index in [1.54, 1.807) is 22.7 Å². The molecule has 224 valence electrons. The van der Waals surface area contributed by atoms with Gasteiger partial charge in [-0.25, -0.2) is 4.99 Å². The average Bonchev–Trinajstić information content (AvgIpc) is 3.61. The van der Waals surface area contributed by atoms with E-state index < -0.39 is 6.04 Å². The Bertz CT molecular complexity index is 2130. The van der Waals surface area contributed by atoms with Crippen molar-refractivity contribution in [1.29, 1.82) is 0 Å². The Morgan fingerprint density at radius 1 is 1.09 bits per heavy atom. The Hall–Kier alpha value is -4.40. The molecule has 0 N–H and O–H groups in total. The van der Waals surface area contributed by atoms with Crippen molar-refractivity contribution in [2.45, 2.75) is 33.7 Å². The topological polar surface area (TPSA) is 77.0 Å². The fourth-order valence-electron chi connectivity index (χ4n) is 5.85. The van der Waals surface area contributed by atoms with Crippen molar-refractivity contribution in [1.82, 2.24) is 9.47 Å². The predicted molar refractivity (Wildman–Crippen MR) is 176 cm³/mol. The number of fused-ring (bicyclic) bond motifs is 2. The number of carbonyl (C=O) groups excluding carboxylic acids is 1. The number of carbonyl (C=O) groups is 1. The van der Waals surface area contributed by atoms with Gasteiger partial charge in [-0.05, 0) is 74.4 Å². The Morgan fingerprint density at radius 3 is 2.61 bits per heavy atom. The maximum absolute atomic E-state index is 14.3. The molecule has 0 fully saturated rings.